The Morgan fingerprint density at radius 1 is 1.26 bits per heavy atom. The van der Waals surface area contributed by atoms with Gasteiger partial charge in [0.2, 0.25) is 0 Å². The summed E-state index contributed by atoms with van der Waals surface area (Å²) >= 11 is 1.77. The summed E-state index contributed by atoms with van der Waals surface area (Å²) < 4.78 is 0. The average Bonchev–Trinajstić information content (AvgIpc) is 3.00. The van der Waals surface area contributed by atoms with Crippen molar-refractivity contribution in [3.63, 3.8) is 0 Å². The van der Waals surface area contributed by atoms with Gasteiger partial charge in [-0.05, 0) is 26.2 Å². The average molecular weight is 454 g/mol. The van der Waals surface area contributed by atoms with Crippen molar-refractivity contribution in [3.05, 3.63) is 16.1 Å². The number of aliphatic hydroxyl groups is 1. The van der Waals surface area contributed by atoms with E-state index in [1.54, 1.807) is 11.3 Å². The molecule has 7 heteroatoms. The molecule has 0 aromatic carbocycles. The van der Waals surface area contributed by atoms with Crippen LogP contribution < -0.4 is 10.6 Å². The predicted molar refractivity (Wildman–Crippen MR) is 110 cm³/mol. The van der Waals surface area contributed by atoms with E-state index >= 15 is 0 Å². The highest BCUT2D eigenvalue weighted by atomic mass is 127. The Morgan fingerprint density at radius 2 is 1.96 bits per heavy atom. The minimum Gasteiger partial charge on any atom is -0.388 e. The van der Waals surface area contributed by atoms with Gasteiger partial charge in [0.15, 0.2) is 5.96 Å². The summed E-state index contributed by atoms with van der Waals surface area (Å²) in [5, 5.41) is 18.0. The van der Waals surface area contributed by atoms with Crippen LogP contribution in [0.3, 0.4) is 0 Å². The summed E-state index contributed by atoms with van der Waals surface area (Å²) in [5.74, 6) is 0.759. The van der Waals surface area contributed by atoms with Crippen LogP contribution in [0.25, 0.3) is 0 Å². The van der Waals surface area contributed by atoms with Gasteiger partial charge in [-0.1, -0.05) is 20.8 Å². The number of aliphatic imine (C=N–C) groups is 1. The number of halogens is 1. The first-order chi connectivity index (χ1) is 10.6. The number of rotatable bonds is 9. The first-order valence-corrected chi connectivity index (χ1v) is 9.06. The monoisotopic (exact) mass is 454 g/mol. The Kier molecular flexibility index (Phi) is 11.8. The van der Waals surface area contributed by atoms with E-state index < -0.39 is 5.60 Å². The van der Waals surface area contributed by atoms with Gasteiger partial charge in [-0.25, -0.2) is 4.98 Å². The van der Waals surface area contributed by atoms with Crippen molar-refractivity contribution in [2.45, 2.75) is 59.0 Å². The maximum absolute atomic E-state index is 10.3. The minimum atomic E-state index is -0.701. The van der Waals surface area contributed by atoms with Gasteiger partial charge >= 0.3 is 0 Å². The third kappa shape index (κ3) is 8.30. The Labute approximate surface area is 161 Å². The van der Waals surface area contributed by atoms with Gasteiger partial charge in [0.05, 0.1) is 17.2 Å². The highest BCUT2D eigenvalue weighted by Crippen LogP contribution is 2.15. The molecule has 1 heterocycles. The lowest BCUT2D eigenvalue weighted by Crippen LogP contribution is -2.40. The molecule has 0 bridgehead atoms. The van der Waals surface area contributed by atoms with Crippen LogP contribution in [-0.2, 0) is 12.8 Å². The number of nitrogens with one attached hydrogen (secondary N) is 2. The first kappa shape index (κ1) is 22.6. The standard InChI is InChI=1S/C16H30N4OS.HI/c1-5-13-11-19-14(22-13)9-10-18-15(17-8-4)20-12-16(21,6-2)7-3;/h11,21H,5-10,12H2,1-4H3,(H2,17,18,20);1H. The van der Waals surface area contributed by atoms with Crippen LogP contribution in [0.15, 0.2) is 11.2 Å². The van der Waals surface area contributed by atoms with Crippen molar-refractivity contribution in [2.24, 2.45) is 4.99 Å². The maximum atomic E-state index is 10.3. The van der Waals surface area contributed by atoms with E-state index in [-0.39, 0.29) is 24.0 Å². The molecule has 23 heavy (non-hydrogen) atoms. The van der Waals surface area contributed by atoms with Gasteiger partial charge in [0.1, 0.15) is 0 Å². The molecule has 0 radical (unpaired) electrons. The normalized spacial score (nSPS) is 12.0. The van der Waals surface area contributed by atoms with Crippen LogP contribution in [0.4, 0.5) is 0 Å². The number of thiazole rings is 1. The largest absolute Gasteiger partial charge is 0.388 e. The molecule has 0 fully saturated rings. The predicted octanol–water partition coefficient (Wildman–Crippen LogP) is 2.97. The van der Waals surface area contributed by atoms with E-state index in [0.717, 1.165) is 36.9 Å². The fraction of sp³-hybridized carbons (Fsp3) is 0.750. The highest BCUT2D eigenvalue weighted by Gasteiger charge is 2.21. The Balaban J connectivity index is 0.00000484. The molecular weight excluding hydrogens is 423 g/mol. The summed E-state index contributed by atoms with van der Waals surface area (Å²) in [4.78, 5) is 10.3. The van der Waals surface area contributed by atoms with Gasteiger partial charge in [-0.15, -0.1) is 35.3 Å². The molecule has 0 atom stereocenters. The molecule has 0 unspecified atom stereocenters. The molecule has 1 rings (SSSR count). The summed E-state index contributed by atoms with van der Waals surface area (Å²) in [5.41, 5.74) is -0.701. The summed E-state index contributed by atoms with van der Waals surface area (Å²) in [6.45, 7) is 10.2. The second kappa shape index (κ2) is 12.0. The Morgan fingerprint density at radius 3 is 2.48 bits per heavy atom. The number of hydrogen-bond donors (Lipinski definition) is 3. The number of guanidine groups is 1. The molecule has 0 aliphatic carbocycles. The molecule has 0 saturated carbocycles. The van der Waals surface area contributed by atoms with Crippen molar-refractivity contribution in [3.8, 4) is 0 Å². The van der Waals surface area contributed by atoms with Gasteiger partial charge in [0.25, 0.3) is 0 Å². The third-order valence-corrected chi connectivity index (χ3v) is 4.97. The smallest absolute Gasteiger partial charge is 0.191 e. The quantitative estimate of drug-likeness (QED) is 0.305. The molecule has 1 aromatic rings. The molecular formula is C16H31IN4OS. The van der Waals surface area contributed by atoms with Crippen molar-refractivity contribution >= 4 is 41.3 Å². The zero-order chi connectivity index (χ0) is 16.4. The number of aryl methyl sites for hydroxylation is 1. The van der Waals surface area contributed by atoms with E-state index in [4.69, 9.17) is 0 Å². The SMILES string of the molecule is CCNC(=NCC(O)(CC)CC)NCCc1ncc(CC)s1.I. The first-order valence-electron chi connectivity index (χ1n) is 8.25. The summed E-state index contributed by atoms with van der Waals surface area (Å²) in [7, 11) is 0. The van der Waals surface area contributed by atoms with Crippen molar-refractivity contribution in [2.75, 3.05) is 19.6 Å². The lowest BCUT2D eigenvalue weighted by atomic mass is 9.98. The second-order valence-corrected chi connectivity index (χ2v) is 6.58. The van der Waals surface area contributed by atoms with Gasteiger partial charge in [-0.2, -0.15) is 0 Å². The lowest BCUT2D eigenvalue weighted by Gasteiger charge is -2.23. The van der Waals surface area contributed by atoms with Crippen LogP contribution in [-0.4, -0.2) is 41.3 Å². The molecule has 3 N–H and O–H groups in total. The third-order valence-electron chi connectivity index (χ3n) is 3.77. The second-order valence-electron chi connectivity index (χ2n) is 5.38. The highest BCUT2D eigenvalue weighted by molar-refractivity contribution is 14.0. The Hall–Kier alpha value is -0.410. The van der Waals surface area contributed by atoms with E-state index in [2.05, 4.69) is 27.5 Å². The number of hydrogen-bond acceptors (Lipinski definition) is 4. The van der Waals surface area contributed by atoms with E-state index in [1.165, 1.54) is 4.88 Å². The lowest BCUT2D eigenvalue weighted by molar-refractivity contribution is 0.0418. The number of aromatic nitrogens is 1. The van der Waals surface area contributed by atoms with Crippen LogP contribution in [0, 0.1) is 0 Å². The molecule has 5 nitrogen and oxygen atoms in total. The van der Waals surface area contributed by atoms with Crippen LogP contribution >= 0.6 is 35.3 Å². The van der Waals surface area contributed by atoms with Crippen molar-refractivity contribution < 1.29 is 5.11 Å². The molecule has 0 aliphatic rings. The fourth-order valence-corrected chi connectivity index (χ4v) is 2.82. The fourth-order valence-electron chi connectivity index (χ4n) is 1.96. The number of nitrogens with zero attached hydrogens (tertiary/aromatic N) is 2. The summed E-state index contributed by atoms with van der Waals surface area (Å²) in [6.07, 6.45) is 5.32. The van der Waals surface area contributed by atoms with E-state index in [9.17, 15) is 5.11 Å². The topological polar surface area (TPSA) is 69.5 Å². The zero-order valence-corrected chi connectivity index (χ0v) is 17.8. The molecule has 0 spiro atoms. The van der Waals surface area contributed by atoms with Crippen LogP contribution in [0.5, 0.6) is 0 Å². The van der Waals surface area contributed by atoms with Gasteiger partial charge in [0, 0.05) is 30.6 Å². The zero-order valence-electron chi connectivity index (χ0n) is 14.7. The van der Waals surface area contributed by atoms with Crippen molar-refractivity contribution in [1.82, 2.24) is 15.6 Å². The van der Waals surface area contributed by atoms with Crippen LogP contribution in [0.1, 0.15) is 50.4 Å². The van der Waals surface area contributed by atoms with E-state index in [1.807, 2.05) is 27.0 Å². The molecule has 1 aromatic heterocycles. The minimum absolute atomic E-state index is 0. The van der Waals surface area contributed by atoms with Crippen molar-refractivity contribution in [1.29, 1.82) is 0 Å². The molecule has 0 amide bonds. The van der Waals surface area contributed by atoms with Crippen LogP contribution in [0.2, 0.25) is 0 Å². The summed E-state index contributed by atoms with van der Waals surface area (Å²) in [6, 6.07) is 0. The molecule has 134 valence electrons. The molecule has 0 saturated heterocycles. The molecule has 0 aliphatic heterocycles. The Bertz CT molecular complexity index is 461. The van der Waals surface area contributed by atoms with E-state index in [0.29, 0.717) is 19.4 Å². The van der Waals surface area contributed by atoms with Gasteiger partial charge < -0.3 is 15.7 Å². The maximum Gasteiger partial charge on any atom is 0.191 e. The van der Waals surface area contributed by atoms with Gasteiger partial charge in [-0.3, -0.25) is 4.99 Å².